The topological polar surface area (TPSA) is 40.7 Å². The van der Waals surface area contributed by atoms with E-state index in [1.807, 2.05) is 7.05 Å². The minimum atomic E-state index is -0.209. The Balaban J connectivity index is 2.25. The maximum Gasteiger partial charge on any atom is 0.128 e. The van der Waals surface area contributed by atoms with E-state index in [1.54, 1.807) is 24.5 Å². The van der Waals surface area contributed by atoms with Crippen molar-refractivity contribution in [3.05, 3.63) is 52.3 Å². The monoisotopic (exact) mass is 297 g/mol. The maximum absolute atomic E-state index is 13.7. The Labute approximate surface area is 108 Å². The van der Waals surface area contributed by atoms with Crippen molar-refractivity contribution in [1.29, 1.82) is 0 Å². The zero-order valence-corrected chi connectivity index (χ0v) is 11.0. The van der Waals surface area contributed by atoms with Gasteiger partial charge in [0.05, 0.1) is 0 Å². The molecule has 3 nitrogen and oxygen atoms in total. The molecule has 1 unspecified atom stereocenters. The lowest BCUT2D eigenvalue weighted by Gasteiger charge is -2.16. The molecule has 5 heteroatoms. The Morgan fingerprint density at radius 1 is 1.53 bits per heavy atom. The van der Waals surface area contributed by atoms with Gasteiger partial charge >= 0.3 is 0 Å². The molecular weight excluding hydrogens is 285 g/mol. The van der Waals surface area contributed by atoms with Crippen molar-refractivity contribution in [2.24, 2.45) is 0 Å². The Bertz CT molecular complexity index is 485. The molecule has 0 radical (unpaired) electrons. The van der Waals surface area contributed by atoms with E-state index in [0.29, 0.717) is 12.0 Å². The van der Waals surface area contributed by atoms with Crippen molar-refractivity contribution in [2.45, 2.75) is 12.5 Å². The highest BCUT2D eigenvalue weighted by atomic mass is 79.9. The summed E-state index contributed by atoms with van der Waals surface area (Å²) in [5, 5.41) is 3.10. The van der Waals surface area contributed by atoms with Crippen LogP contribution in [0.15, 0.2) is 35.1 Å². The van der Waals surface area contributed by atoms with Gasteiger partial charge in [-0.2, -0.15) is 0 Å². The van der Waals surface area contributed by atoms with E-state index < -0.39 is 0 Å². The third-order valence-corrected chi connectivity index (χ3v) is 3.13. The fraction of sp³-hybridized carbons (Fsp3) is 0.250. The lowest BCUT2D eigenvalue weighted by molar-refractivity contribution is 0.526. The number of imidazole rings is 1. The van der Waals surface area contributed by atoms with Crippen molar-refractivity contribution in [1.82, 2.24) is 15.3 Å². The molecule has 0 aliphatic heterocycles. The normalized spacial score (nSPS) is 12.6. The van der Waals surface area contributed by atoms with E-state index in [2.05, 4.69) is 31.2 Å². The number of aromatic amines is 1. The number of rotatable bonds is 4. The van der Waals surface area contributed by atoms with Crippen LogP contribution in [0.25, 0.3) is 0 Å². The molecule has 0 fully saturated rings. The van der Waals surface area contributed by atoms with Gasteiger partial charge in [0.2, 0.25) is 0 Å². The molecule has 1 heterocycles. The lowest BCUT2D eigenvalue weighted by atomic mass is 10.0. The molecule has 0 aliphatic rings. The number of halogens is 2. The molecule has 0 aliphatic carbocycles. The molecular formula is C12H13BrFN3. The summed E-state index contributed by atoms with van der Waals surface area (Å²) in [4.78, 5) is 7.17. The third kappa shape index (κ3) is 2.92. The van der Waals surface area contributed by atoms with Crippen LogP contribution in [0, 0.1) is 5.82 Å². The highest BCUT2D eigenvalue weighted by Crippen LogP contribution is 2.23. The average Bonchev–Trinajstić information content (AvgIpc) is 2.82. The van der Waals surface area contributed by atoms with Crippen LogP contribution < -0.4 is 5.32 Å². The molecule has 17 heavy (non-hydrogen) atoms. The molecule has 2 rings (SSSR count). The van der Waals surface area contributed by atoms with Crippen molar-refractivity contribution in [2.75, 3.05) is 7.05 Å². The van der Waals surface area contributed by atoms with Gasteiger partial charge in [0.1, 0.15) is 11.6 Å². The zero-order chi connectivity index (χ0) is 12.3. The highest BCUT2D eigenvalue weighted by Gasteiger charge is 2.15. The summed E-state index contributed by atoms with van der Waals surface area (Å²) in [6.45, 7) is 0. The molecule has 0 saturated heterocycles. The minimum Gasteiger partial charge on any atom is -0.349 e. The number of hydrogen-bond acceptors (Lipinski definition) is 2. The molecule has 0 spiro atoms. The Morgan fingerprint density at radius 3 is 3.00 bits per heavy atom. The summed E-state index contributed by atoms with van der Waals surface area (Å²) in [7, 11) is 1.81. The molecule has 0 bridgehead atoms. The number of nitrogens with zero attached hydrogens (tertiary/aromatic N) is 1. The van der Waals surface area contributed by atoms with Gasteiger partial charge in [-0.05, 0) is 25.2 Å². The van der Waals surface area contributed by atoms with Crippen LogP contribution in [0.5, 0.6) is 0 Å². The number of hydrogen-bond donors (Lipinski definition) is 2. The number of aromatic nitrogens is 2. The zero-order valence-electron chi connectivity index (χ0n) is 9.37. The minimum absolute atomic E-state index is 0.0985. The SMILES string of the molecule is CNC(Cc1ncc[nH]1)c1cc(Br)ccc1F. The van der Waals surface area contributed by atoms with Crippen LogP contribution in [-0.2, 0) is 6.42 Å². The predicted octanol–water partition coefficient (Wildman–Crippen LogP) is 2.81. The third-order valence-electron chi connectivity index (χ3n) is 2.63. The number of benzene rings is 1. The summed E-state index contributed by atoms with van der Waals surface area (Å²) in [5.41, 5.74) is 0.637. The molecule has 1 aromatic carbocycles. The van der Waals surface area contributed by atoms with Crippen molar-refractivity contribution in [3.63, 3.8) is 0 Å². The number of H-pyrrole nitrogens is 1. The first-order chi connectivity index (χ1) is 8.20. The molecule has 90 valence electrons. The van der Waals surface area contributed by atoms with Crippen molar-refractivity contribution >= 4 is 15.9 Å². The summed E-state index contributed by atoms with van der Waals surface area (Å²) in [6.07, 6.45) is 4.08. The van der Waals surface area contributed by atoms with E-state index in [9.17, 15) is 4.39 Å². The lowest BCUT2D eigenvalue weighted by Crippen LogP contribution is -2.20. The van der Waals surface area contributed by atoms with Crippen molar-refractivity contribution in [3.8, 4) is 0 Å². The second-order valence-electron chi connectivity index (χ2n) is 3.75. The summed E-state index contributed by atoms with van der Waals surface area (Å²) in [6, 6.07) is 4.85. The number of likely N-dealkylation sites (N-methyl/N-ethyl adjacent to an activating group) is 1. The maximum atomic E-state index is 13.7. The summed E-state index contributed by atoms with van der Waals surface area (Å²) in [5.74, 6) is 0.628. The predicted molar refractivity (Wildman–Crippen MR) is 68.2 cm³/mol. The second-order valence-corrected chi connectivity index (χ2v) is 4.66. The molecule has 0 amide bonds. The van der Waals surface area contributed by atoms with E-state index in [1.165, 1.54) is 6.07 Å². The molecule has 1 aromatic heterocycles. The van der Waals surface area contributed by atoms with Crippen LogP contribution in [-0.4, -0.2) is 17.0 Å². The van der Waals surface area contributed by atoms with Crippen LogP contribution in [0.1, 0.15) is 17.4 Å². The second kappa shape index (κ2) is 5.42. The Morgan fingerprint density at radius 2 is 2.35 bits per heavy atom. The largest absolute Gasteiger partial charge is 0.349 e. The standard InChI is InChI=1S/C12H13BrFN3/c1-15-11(7-12-16-4-5-17-12)9-6-8(13)2-3-10(9)14/h2-6,11,15H,7H2,1H3,(H,16,17). The van der Waals surface area contributed by atoms with Crippen LogP contribution in [0.2, 0.25) is 0 Å². The fourth-order valence-corrected chi connectivity index (χ4v) is 2.13. The van der Waals surface area contributed by atoms with Gasteiger partial charge in [0, 0.05) is 34.9 Å². The van der Waals surface area contributed by atoms with E-state index in [-0.39, 0.29) is 11.9 Å². The van der Waals surface area contributed by atoms with Gasteiger partial charge in [-0.1, -0.05) is 15.9 Å². The summed E-state index contributed by atoms with van der Waals surface area (Å²) < 4.78 is 14.6. The first kappa shape index (κ1) is 12.3. The smallest absolute Gasteiger partial charge is 0.128 e. The first-order valence-electron chi connectivity index (χ1n) is 5.31. The van der Waals surface area contributed by atoms with Gasteiger partial charge in [0.15, 0.2) is 0 Å². The quantitative estimate of drug-likeness (QED) is 0.911. The Kier molecular flexibility index (Phi) is 3.91. The van der Waals surface area contributed by atoms with Gasteiger partial charge in [0.25, 0.3) is 0 Å². The van der Waals surface area contributed by atoms with E-state index in [4.69, 9.17) is 0 Å². The van der Waals surface area contributed by atoms with Gasteiger partial charge < -0.3 is 10.3 Å². The molecule has 2 N–H and O–H groups in total. The molecule has 2 aromatic rings. The van der Waals surface area contributed by atoms with Crippen LogP contribution in [0.4, 0.5) is 4.39 Å². The number of nitrogens with one attached hydrogen (secondary N) is 2. The van der Waals surface area contributed by atoms with Crippen molar-refractivity contribution < 1.29 is 4.39 Å². The van der Waals surface area contributed by atoms with Crippen LogP contribution >= 0.6 is 15.9 Å². The van der Waals surface area contributed by atoms with Gasteiger partial charge in [-0.25, -0.2) is 9.37 Å². The fourth-order valence-electron chi connectivity index (χ4n) is 1.75. The summed E-state index contributed by atoms with van der Waals surface area (Å²) >= 11 is 3.35. The van der Waals surface area contributed by atoms with E-state index in [0.717, 1.165) is 10.3 Å². The molecule has 0 saturated carbocycles. The van der Waals surface area contributed by atoms with Crippen LogP contribution in [0.3, 0.4) is 0 Å². The highest BCUT2D eigenvalue weighted by molar-refractivity contribution is 9.10. The molecule has 1 atom stereocenters. The van der Waals surface area contributed by atoms with Gasteiger partial charge in [-0.3, -0.25) is 0 Å². The first-order valence-corrected chi connectivity index (χ1v) is 6.10. The van der Waals surface area contributed by atoms with E-state index >= 15 is 0 Å². The van der Waals surface area contributed by atoms with Gasteiger partial charge in [-0.15, -0.1) is 0 Å². The average molecular weight is 298 g/mol. The Hall–Kier alpha value is -1.20.